The SMILES string of the molecule is C[N+](C)(C)CCC[C@H](N)C(=O)O. The van der Waals surface area contributed by atoms with Gasteiger partial charge in [0, 0.05) is 0 Å². The Morgan fingerprint density at radius 2 is 2.00 bits per heavy atom. The number of quaternary nitrogens is 1. The fraction of sp³-hybridized carbons (Fsp3) is 0.875. The summed E-state index contributed by atoms with van der Waals surface area (Å²) in [6.07, 6.45) is 1.42. The zero-order chi connectivity index (χ0) is 9.78. The molecule has 0 aliphatic rings. The van der Waals surface area contributed by atoms with E-state index in [0.29, 0.717) is 6.42 Å². The van der Waals surface area contributed by atoms with Gasteiger partial charge in [-0.2, -0.15) is 0 Å². The lowest BCUT2D eigenvalue weighted by molar-refractivity contribution is -0.870. The van der Waals surface area contributed by atoms with Gasteiger partial charge in [0.2, 0.25) is 0 Å². The summed E-state index contributed by atoms with van der Waals surface area (Å²) in [5, 5.41) is 8.48. The van der Waals surface area contributed by atoms with Crippen LogP contribution in [0.1, 0.15) is 12.8 Å². The minimum atomic E-state index is -0.906. The van der Waals surface area contributed by atoms with Crippen LogP contribution >= 0.6 is 0 Å². The fourth-order valence-corrected chi connectivity index (χ4v) is 0.909. The van der Waals surface area contributed by atoms with Gasteiger partial charge in [0.1, 0.15) is 6.04 Å². The highest BCUT2D eigenvalue weighted by molar-refractivity contribution is 5.72. The van der Waals surface area contributed by atoms with Gasteiger partial charge in [-0.3, -0.25) is 4.79 Å². The van der Waals surface area contributed by atoms with Crippen LogP contribution in [-0.2, 0) is 4.79 Å². The normalized spacial score (nSPS) is 14.3. The molecule has 0 aromatic heterocycles. The molecule has 0 aromatic rings. The summed E-state index contributed by atoms with van der Waals surface area (Å²) in [6, 6.07) is -0.698. The van der Waals surface area contributed by atoms with E-state index in [2.05, 4.69) is 21.1 Å². The van der Waals surface area contributed by atoms with Crippen molar-refractivity contribution in [2.24, 2.45) is 5.73 Å². The maximum atomic E-state index is 10.3. The molecule has 72 valence electrons. The number of carbonyl (C=O) groups is 1. The van der Waals surface area contributed by atoms with Gasteiger partial charge in [0.25, 0.3) is 0 Å². The molecule has 0 spiro atoms. The van der Waals surface area contributed by atoms with E-state index in [1.165, 1.54) is 0 Å². The Kier molecular flexibility index (Phi) is 4.20. The lowest BCUT2D eigenvalue weighted by atomic mass is 10.1. The lowest BCUT2D eigenvalue weighted by Gasteiger charge is -2.23. The summed E-state index contributed by atoms with van der Waals surface area (Å²) in [4.78, 5) is 10.3. The van der Waals surface area contributed by atoms with Gasteiger partial charge < -0.3 is 15.3 Å². The summed E-state index contributed by atoms with van der Waals surface area (Å²) in [5.74, 6) is -0.906. The molecule has 0 aromatic carbocycles. The van der Waals surface area contributed by atoms with Gasteiger partial charge in [-0.25, -0.2) is 0 Å². The predicted octanol–water partition coefficient (Wildman–Crippen LogP) is -0.115. The Morgan fingerprint density at radius 1 is 1.50 bits per heavy atom. The standard InChI is InChI=1S/C8H18N2O2/c1-10(2,3)6-4-5-7(9)8(11)12/h7H,4-6,9H2,1-3H3/p+1/t7-/m0/s1. The van der Waals surface area contributed by atoms with Gasteiger partial charge in [-0.05, 0) is 12.8 Å². The number of nitrogens with zero attached hydrogens (tertiary/aromatic N) is 1. The summed E-state index contributed by atoms with van der Waals surface area (Å²) in [7, 11) is 6.23. The fourth-order valence-electron chi connectivity index (χ4n) is 0.909. The van der Waals surface area contributed by atoms with Crippen LogP contribution in [0.4, 0.5) is 0 Å². The molecule has 4 nitrogen and oxygen atoms in total. The smallest absolute Gasteiger partial charge is 0.320 e. The summed E-state index contributed by atoms with van der Waals surface area (Å²) in [6.45, 7) is 0.959. The van der Waals surface area contributed by atoms with E-state index in [4.69, 9.17) is 10.8 Å². The van der Waals surface area contributed by atoms with Crippen LogP contribution < -0.4 is 5.73 Å². The minimum absolute atomic E-state index is 0.560. The molecule has 0 unspecified atom stereocenters. The van der Waals surface area contributed by atoms with Crippen LogP contribution in [0.5, 0.6) is 0 Å². The van der Waals surface area contributed by atoms with E-state index in [1.807, 2.05) is 0 Å². The van der Waals surface area contributed by atoms with E-state index in [1.54, 1.807) is 0 Å². The van der Waals surface area contributed by atoms with Crippen LogP contribution in [0, 0.1) is 0 Å². The van der Waals surface area contributed by atoms with Crippen molar-refractivity contribution in [3.05, 3.63) is 0 Å². The van der Waals surface area contributed by atoms with E-state index < -0.39 is 12.0 Å². The molecule has 0 radical (unpaired) electrons. The number of carboxylic acid groups (broad SMARTS) is 1. The molecule has 0 fully saturated rings. The van der Waals surface area contributed by atoms with Crippen molar-refractivity contribution in [3.8, 4) is 0 Å². The van der Waals surface area contributed by atoms with Gasteiger partial charge in [-0.15, -0.1) is 0 Å². The largest absolute Gasteiger partial charge is 0.480 e. The topological polar surface area (TPSA) is 63.3 Å². The molecule has 0 heterocycles. The summed E-state index contributed by atoms with van der Waals surface area (Å²) in [5.41, 5.74) is 5.34. The first-order chi connectivity index (χ1) is 5.33. The highest BCUT2D eigenvalue weighted by atomic mass is 16.4. The third-order valence-corrected chi connectivity index (χ3v) is 1.66. The number of nitrogens with two attached hydrogens (primary N) is 1. The molecule has 0 aliphatic heterocycles. The Bertz CT molecular complexity index is 152. The van der Waals surface area contributed by atoms with Gasteiger partial charge in [0.15, 0.2) is 0 Å². The maximum Gasteiger partial charge on any atom is 0.320 e. The molecular formula is C8H19N2O2+. The summed E-state index contributed by atoms with van der Waals surface area (Å²) >= 11 is 0. The third-order valence-electron chi connectivity index (χ3n) is 1.66. The number of rotatable bonds is 5. The van der Waals surface area contributed by atoms with Crippen molar-refractivity contribution in [1.29, 1.82) is 0 Å². The lowest BCUT2D eigenvalue weighted by Crippen LogP contribution is -2.37. The number of aliphatic carboxylic acids is 1. The Labute approximate surface area is 73.6 Å². The van der Waals surface area contributed by atoms with E-state index >= 15 is 0 Å². The maximum absolute atomic E-state index is 10.3. The Balaban J connectivity index is 3.51. The van der Waals surface area contributed by atoms with Crippen LogP contribution in [-0.4, -0.2) is 49.3 Å². The molecule has 0 rings (SSSR count). The minimum Gasteiger partial charge on any atom is -0.480 e. The van der Waals surface area contributed by atoms with Crippen LogP contribution in [0.3, 0.4) is 0 Å². The quantitative estimate of drug-likeness (QED) is 0.573. The molecule has 0 bridgehead atoms. The molecule has 0 saturated heterocycles. The highest BCUT2D eigenvalue weighted by Crippen LogP contribution is 1.99. The van der Waals surface area contributed by atoms with Crippen molar-refractivity contribution in [3.63, 3.8) is 0 Å². The zero-order valence-corrected chi connectivity index (χ0v) is 8.08. The highest BCUT2D eigenvalue weighted by Gasteiger charge is 2.13. The molecule has 0 amide bonds. The second-order valence-electron chi connectivity index (χ2n) is 4.10. The first-order valence-electron chi connectivity index (χ1n) is 4.12. The molecule has 0 saturated carbocycles. The monoisotopic (exact) mass is 175 g/mol. The van der Waals surface area contributed by atoms with Crippen molar-refractivity contribution >= 4 is 5.97 Å². The zero-order valence-electron chi connectivity index (χ0n) is 8.08. The van der Waals surface area contributed by atoms with Crippen molar-refractivity contribution in [1.82, 2.24) is 0 Å². The molecule has 1 atom stereocenters. The number of hydrogen-bond acceptors (Lipinski definition) is 2. The summed E-state index contributed by atoms with van der Waals surface area (Å²) < 4.78 is 0.854. The van der Waals surface area contributed by atoms with Crippen LogP contribution in [0.2, 0.25) is 0 Å². The first-order valence-corrected chi connectivity index (χ1v) is 4.12. The second-order valence-corrected chi connectivity index (χ2v) is 4.10. The first kappa shape index (κ1) is 11.4. The molecule has 4 heteroatoms. The van der Waals surface area contributed by atoms with Crippen LogP contribution in [0.15, 0.2) is 0 Å². The molecular weight excluding hydrogens is 156 g/mol. The average molecular weight is 175 g/mol. The van der Waals surface area contributed by atoms with Crippen molar-refractivity contribution in [2.75, 3.05) is 27.7 Å². The average Bonchev–Trinajstić information content (AvgIpc) is 1.84. The van der Waals surface area contributed by atoms with Gasteiger partial charge in [0.05, 0.1) is 27.7 Å². The third kappa shape index (κ3) is 6.12. The van der Waals surface area contributed by atoms with Gasteiger partial charge in [-0.1, -0.05) is 0 Å². The van der Waals surface area contributed by atoms with Gasteiger partial charge >= 0.3 is 5.97 Å². The van der Waals surface area contributed by atoms with E-state index in [-0.39, 0.29) is 0 Å². The Hall–Kier alpha value is -0.610. The number of hydrogen-bond donors (Lipinski definition) is 2. The van der Waals surface area contributed by atoms with Crippen LogP contribution in [0.25, 0.3) is 0 Å². The Morgan fingerprint density at radius 3 is 2.33 bits per heavy atom. The van der Waals surface area contributed by atoms with Crippen molar-refractivity contribution in [2.45, 2.75) is 18.9 Å². The van der Waals surface area contributed by atoms with E-state index in [0.717, 1.165) is 17.4 Å². The van der Waals surface area contributed by atoms with E-state index in [9.17, 15) is 4.79 Å². The number of carboxylic acids is 1. The molecule has 12 heavy (non-hydrogen) atoms. The molecule has 3 N–H and O–H groups in total. The molecule has 0 aliphatic carbocycles. The second kappa shape index (κ2) is 4.42. The van der Waals surface area contributed by atoms with Crippen molar-refractivity contribution < 1.29 is 14.4 Å². The predicted molar refractivity (Wildman–Crippen MR) is 47.7 cm³/mol.